The summed E-state index contributed by atoms with van der Waals surface area (Å²) in [4.78, 5) is 33.3. The minimum atomic E-state index is -0.546. The molecule has 1 aliphatic carbocycles. The minimum Gasteiger partial charge on any atom is -0.388 e. The molecule has 41 heavy (non-hydrogen) atoms. The molecule has 8 nitrogen and oxygen atoms in total. The SMILES string of the molecule is CCCc1nc(C)c(-c2ccc(NC)c(CC)c2)c(=O)n1Cc1ccc(C2=CC=CCCC2c2noc(=O)[nH]2)cc1. The van der Waals surface area contributed by atoms with Crippen LogP contribution in [0.5, 0.6) is 0 Å². The van der Waals surface area contributed by atoms with Gasteiger partial charge in [0.05, 0.1) is 17.8 Å². The molecule has 0 bridgehead atoms. The third kappa shape index (κ3) is 5.87. The van der Waals surface area contributed by atoms with E-state index in [0.29, 0.717) is 17.9 Å². The molecule has 2 N–H and O–H groups in total. The maximum atomic E-state index is 14.0. The number of hydrogen-bond donors (Lipinski definition) is 2. The summed E-state index contributed by atoms with van der Waals surface area (Å²) < 4.78 is 6.62. The Kier molecular flexibility index (Phi) is 8.47. The van der Waals surface area contributed by atoms with Crippen LogP contribution >= 0.6 is 0 Å². The van der Waals surface area contributed by atoms with Crippen LogP contribution in [0.1, 0.15) is 73.1 Å². The fraction of sp³-hybridized carbons (Fsp3) is 0.333. The summed E-state index contributed by atoms with van der Waals surface area (Å²) in [5, 5.41) is 7.21. The molecule has 2 heterocycles. The summed E-state index contributed by atoms with van der Waals surface area (Å²) in [6.45, 7) is 6.58. The van der Waals surface area contributed by atoms with Crippen molar-refractivity contribution in [3.8, 4) is 11.1 Å². The molecule has 2 aromatic carbocycles. The van der Waals surface area contributed by atoms with E-state index in [9.17, 15) is 9.59 Å². The Balaban J connectivity index is 1.50. The van der Waals surface area contributed by atoms with Gasteiger partial charge < -0.3 is 5.32 Å². The van der Waals surface area contributed by atoms with Crippen LogP contribution in [0.25, 0.3) is 16.7 Å². The van der Waals surface area contributed by atoms with Crippen LogP contribution < -0.4 is 16.6 Å². The van der Waals surface area contributed by atoms with E-state index >= 15 is 0 Å². The highest BCUT2D eigenvalue weighted by Gasteiger charge is 2.23. The lowest BCUT2D eigenvalue weighted by Gasteiger charge is -2.18. The van der Waals surface area contributed by atoms with E-state index in [1.165, 1.54) is 5.56 Å². The highest BCUT2D eigenvalue weighted by molar-refractivity contribution is 5.73. The molecule has 8 heteroatoms. The Labute approximate surface area is 239 Å². The molecule has 0 amide bonds. The topological polar surface area (TPSA) is 106 Å². The number of nitrogens with one attached hydrogen (secondary N) is 2. The van der Waals surface area contributed by atoms with Gasteiger partial charge in [0, 0.05) is 25.1 Å². The van der Waals surface area contributed by atoms with E-state index < -0.39 is 5.76 Å². The fourth-order valence-corrected chi connectivity index (χ4v) is 5.67. The summed E-state index contributed by atoms with van der Waals surface area (Å²) in [7, 11) is 1.91. The number of hydrogen-bond acceptors (Lipinski definition) is 6. The first-order valence-corrected chi connectivity index (χ1v) is 14.4. The van der Waals surface area contributed by atoms with Gasteiger partial charge in [-0.3, -0.25) is 18.9 Å². The lowest BCUT2D eigenvalue weighted by atomic mass is 9.88. The van der Waals surface area contributed by atoms with Crippen molar-refractivity contribution in [2.45, 2.75) is 65.3 Å². The standard InChI is InChI=1S/C33H37N5O3/c1-5-10-29-35-21(3)30(25-17-18-28(34-4)23(6-2)19-25)32(39)38(29)20-22-13-15-24(16-14-22)26-11-8-7-9-12-27(26)31-36-33(40)41-37-31/h7-8,11,13-19,27,34H,5-6,9-10,12,20H2,1-4H3,(H,36,37,40). The number of benzene rings is 2. The zero-order valence-electron chi connectivity index (χ0n) is 24.2. The molecule has 2 aromatic heterocycles. The van der Waals surface area contributed by atoms with Crippen LogP contribution in [0, 0.1) is 6.92 Å². The van der Waals surface area contributed by atoms with Gasteiger partial charge in [-0.05, 0) is 72.6 Å². The predicted molar refractivity (Wildman–Crippen MR) is 163 cm³/mol. The maximum Gasteiger partial charge on any atom is 0.438 e. The molecule has 0 spiro atoms. The molecular formula is C33H37N5O3. The molecule has 4 aromatic rings. The molecule has 0 saturated carbocycles. The second-order valence-corrected chi connectivity index (χ2v) is 10.5. The van der Waals surface area contributed by atoms with E-state index in [0.717, 1.165) is 71.6 Å². The number of aryl methyl sites for hydroxylation is 3. The molecule has 0 aliphatic heterocycles. The Hall–Kier alpha value is -4.46. The first-order valence-electron chi connectivity index (χ1n) is 14.4. The third-order valence-electron chi connectivity index (χ3n) is 7.77. The quantitative estimate of drug-likeness (QED) is 0.264. The lowest BCUT2D eigenvalue weighted by Crippen LogP contribution is -2.28. The number of aromatic amines is 1. The first-order chi connectivity index (χ1) is 19.9. The molecule has 1 atom stereocenters. The van der Waals surface area contributed by atoms with Crippen LogP contribution in [0.2, 0.25) is 0 Å². The summed E-state index contributed by atoms with van der Waals surface area (Å²) >= 11 is 0. The van der Waals surface area contributed by atoms with Gasteiger partial charge in [-0.2, -0.15) is 0 Å². The predicted octanol–water partition coefficient (Wildman–Crippen LogP) is 6.02. The molecule has 5 rings (SSSR count). The molecule has 0 radical (unpaired) electrons. The fourth-order valence-electron chi connectivity index (χ4n) is 5.67. The van der Waals surface area contributed by atoms with Crippen molar-refractivity contribution in [2.75, 3.05) is 12.4 Å². The van der Waals surface area contributed by atoms with Crippen molar-refractivity contribution in [1.82, 2.24) is 19.7 Å². The van der Waals surface area contributed by atoms with Crippen LogP contribution in [0.3, 0.4) is 0 Å². The smallest absolute Gasteiger partial charge is 0.388 e. The van der Waals surface area contributed by atoms with E-state index in [-0.39, 0.29) is 11.5 Å². The van der Waals surface area contributed by atoms with Gasteiger partial charge in [-0.15, -0.1) is 0 Å². The average molecular weight is 552 g/mol. The van der Waals surface area contributed by atoms with Crippen molar-refractivity contribution in [3.05, 3.63) is 116 Å². The van der Waals surface area contributed by atoms with Crippen LogP contribution in [-0.2, 0) is 19.4 Å². The lowest BCUT2D eigenvalue weighted by molar-refractivity contribution is 0.379. The molecule has 212 valence electrons. The van der Waals surface area contributed by atoms with Gasteiger partial charge in [-0.25, -0.2) is 9.78 Å². The summed E-state index contributed by atoms with van der Waals surface area (Å²) in [6.07, 6.45) is 10.4. The monoisotopic (exact) mass is 551 g/mol. The Bertz CT molecular complexity index is 1710. The Morgan fingerprint density at radius 2 is 1.88 bits per heavy atom. The number of aromatic nitrogens is 4. The normalized spacial score (nSPS) is 15.0. The number of anilines is 1. The van der Waals surface area contributed by atoms with Gasteiger partial charge in [0.1, 0.15) is 5.82 Å². The van der Waals surface area contributed by atoms with Gasteiger partial charge in [0.15, 0.2) is 5.82 Å². The highest BCUT2D eigenvalue weighted by Crippen LogP contribution is 2.36. The highest BCUT2D eigenvalue weighted by atomic mass is 16.5. The van der Waals surface area contributed by atoms with Crippen molar-refractivity contribution in [3.63, 3.8) is 0 Å². The Morgan fingerprint density at radius 1 is 1.10 bits per heavy atom. The minimum absolute atomic E-state index is 0.0176. The first kappa shape index (κ1) is 28.1. The van der Waals surface area contributed by atoms with Gasteiger partial charge in [0.25, 0.3) is 5.56 Å². The van der Waals surface area contributed by atoms with E-state index in [2.05, 4.69) is 71.8 Å². The van der Waals surface area contributed by atoms with Crippen molar-refractivity contribution < 1.29 is 4.52 Å². The van der Waals surface area contributed by atoms with Crippen molar-refractivity contribution >= 4 is 11.3 Å². The average Bonchev–Trinajstić information content (AvgIpc) is 3.26. The number of rotatable bonds is 9. The van der Waals surface area contributed by atoms with Crippen LogP contribution in [0.4, 0.5) is 5.69 Å². The zero-order chi connectivity index (χ0) is 28.9. The van der Waals surface area contributed by atoms with E-state index in [1.54, 1.807) is 0 Å². The number of H-pyrrole nitrogens is 1. The maximum absolute atomic E-state index is 14.0. The molecule has 1 aliphatic rings. The van der Waals surface area contributed by atoms with Crippen molar-refractivity contribution in [2.24, 2.45) is 0 Å². The molecule has 0 fully saturated rings. The molecule has 1 unspecified atom stereocenters. The number of allylic oxidation sites excluding steroid dienone is 4. The third-order valence-corrected chi connectivity index (χ3v) is 7.77. The molecule has 0 saturated heterocycles. The second kappa shape index (κ2) is 12.4. The summed E-state index contributed by atoms with van der Waals surface area (Å²) in [5.41, 5.74) is 7.64. The largest absolute Gasteiger partial charge is 0.438 e. The van der Waals surface area contributed by atoms with Crippen molar-refractivity contribution in [1.29, 1.82) is 0 Å². The summed E-state index contributed by atoms with van der Waals surface area (Å²) in [6, 6.07) is 14.4. The van der Waals surface area contributed by atoms with Crippen LogP contribution in [-0.4, -0.2) is 26.7 Å². The number of nitrogens with zero attached hydrogens (tertiary/aromatic N) is 3. The Morgan fingerprint density at radius 3 is 2.56 bits per heavy atom. The van der Waals surface area contributed by atoms with Gasteiger partial charge in [0.2, 0.25) is 0 Å². The molecular weight excluding hydrogens is 514 g/mol. The summed E-state index contributed by atoms with van der Waals surface area (Å²) in [5.74, 6) is 0.719. The second-order valence-electron chi connectivity index (χ2n) is 10.5. The van der Waals surface area contributed by atoms with Gasteiger partial charge >= 0.3 is 5.76 Å². The van der Waals surface area contributed by atoms with E-state index in [1.807, 2.05) is 36.7 Å². The van der Waals surface area contributed by atoms with E-state index in [4.69, 9.17) is 9.51 Å². The van der Waals surface area contributed by atoms with Crippen LogP contribution in [0.15, 0.2) is 74.8 Å². The zero-order valence-corrected chi connectivity index (χ0v) is 24.2. The van der Waals surface area contributed by atoms with Gasteiger partial charge in [-0.1, -0.05) is 67.6 Å².